The predicted octanol–water partition coefficient (Wildman–Crippen LogP) is 6.82. The van der Waals surface area contributed by atoms with Crippen molar-refractivity contribution in [3.63, 3.8) is 0 Å². The normalized spacial score (nSPS) is 17.8. The largest absolute Gasteiger partial charge is 0.478 e. The molecule has 0 amide bonds. The molecule has 3 aromatic rings. The van der Waals surface area contributed by atoms with E-state index in [1.54, 1.807) is 6.20 Å². The number of hydrogen-bond donors (Lipinski definition) is 4. The van der Waals surface area contributed by atoms with Crippen LogP contribution in [0.2, 0.25) is 0 Å². The number of aromatic amines is 1. The molecular formula is C34H42N5O3-. The third kappa shape index (κ3) is 8.59. The number of aromatic nitrogens is 1. The Labute approximate surface area is 248 Å². The molecule has 1 aliphatic rings. The lowest BCUT2D eigenvalue weighted by Gasteiger charge is -2.36. The Kier molecular flexibility index (Phi) is 11.0. The number of carboxylic acids is 1. The average molecular weight is 569 g/mol. The second-order valence-electron chi connectivity index (χ2n) is 11.3. The number of carbonyl (C=O) groups excluding carboxylic acids is 1. The van der Waals surface area contributed by atoms with Gasteiger partial charge in [-0.05, 0) is 70.7 Å². The number of carbonyl (C=O) groups is 2. The number of allylic oxidation sites excluding steroid dienone is 1. The molecule has 2 aromatic carbocycles. The molecule has 0 spiro atoms. The summed E-state index contributed by atoms with van der Waals surface area (Å²) >= 11 is 0. The lowest BCUT2D eigenvalue weighted by atomic mass is 9.73. The minimum absolute atomic E-state index is 0.0606. The van der Waals surface area contributed by atoms with Gasteiger partial charge in [-0.3, -0.25) is 0 Å². The van der Waals surface area contributed by atoms with Gasteiger partial charge in [0.1, 0.15) is 6.29 Å². The number of nitrogens with two attached hydrogens (primary N) is 2. The van der Waals surface area contributed by atoms with E-state index < -0.39 is 12.0 Å². The summed E-state index contributed by atoms with van der Waals surface area (Å²) < 4.78 is 0. The molecule has 6 N–H and O–H groups in total. The van der Waals surface area contributed by atoms with Gasteiger partial charge in [-0.1, -0.05) is 99.2 Å². The first-order valence-electron chi connectivity index (χ1n) is 14.8. The maximum atomic E-state index is 11.8. The molecular weight excluding hydrogens is 526 g/mol. The highest BCUT2D eigenvalue weighted by Crippen LogP contribution is 2.43. The molecule has 0 aliphatic heterocycles. The lowest BCUT2D eigenvalue weighted by molar-refractivity contribution is -0.131. The first kappa shape index (κ1) is 30.6. The Balaban J connectivity index is 1.62. The highest BCUT2D eigenvalue weighted by Gasteiger charge is 2.29. The third-order valence-corrected chi connectivity index (χ3v) is 8.10. The second-order valence-corrected chi connectivity index (χ2v) is 11.3. The maximum Gasteiger partial charge on any atom is 0.328 e. The summed E-state index contributed by atoms with van der Waals surface area (Å²) in [6.45, 7) is 2.03. The molecule has 4 atom stereocenters. The Bertz CT molecular complexity index is 1420. The number of H-pyrrole nitrogens is 1. The molecule has 42 heavy (non-hydrogen) atoms. The van der Waals surface area contributed by atoms with Gasteiger partial charge >= 0.3 is 5.97 Å². The number of hydrogen-bond acceptors (Lipinski definition) is 3. The number of fused-ring (bicyclic) bond motifs is 2. The number of unbranched alkanes of at least 4 members (excludes halogenated alkanes) is 3. The van der Waals surface area contributed by atoms with Crippen molar-refractivity contribution >= 4 is 40.9 Å². The standard InChI is InChI=1S/C34H42N5O3/c1-23(22-40)9-4-2-3-5-12-29-27(15-14-26-17-24-10-6-7-11-25(24)18-30(26)29)19-31(39-32-13-8-16-37-32)28(20-33(41)42)21-38-34(35)36/h6-8,10-11,13-18,20,22-23,27,29,31,37H,2-5,9,12,19,21H2,1H3,(H,41,42)(H4,35,36,38)/q-1/b28-20+/t23-,27-,29-,31+/m0/s1. The number of nitrogens with zero attached hydrogens (tertiary/aromatic N) is 2. The fourth-order valence-corrected chi connectivity index (χ4v) is 5.90. The fourth-order valence-electron chi connectivity index (χ4n) is 5.90. The van der Waals surface area contributed by atoms with E-state index in [2.05, 4.69) is 58.5 Å². The third-order valence-electron chi connectivity index (χ3n) is 8.10. The van der Waals surface area contributed by atoms with Crippen molar-refractivity contribution in [1.82, 2.24) is 4.98 Å². The molecule has 0 radical (unpaired) electrons. The molecule has 1 aromatic heterocycles. The number of carboxylic acid groups (broad SMARTS) is 1. The van der Waals surface area contributed by atoms with Crippen molar-refractivity contribution in [3.05, 3.63) is 88.9 Å². The highest BCUT2D eigenvalue weighted by atomic mass is 16.4. The van der Waals surface area contributed by atoms with Crippen LogP contribution in [-0.2, 0) is 9.59 Å². The van der Waals surface area contributed by atoms with Gasteiger partial charge in [0, 0.05) is 12.0 Å². The first-order chi connectivity index (χ1) is 20.3. The monoisotopic (exact) mass is 568 g/mol. The summed E-state index contributed by atoms with van der Waals surface area (Å²) in [5, 5.41) is 17.0. The van der Waals surface area contributed by atoms with Crippen LogP contribution in [0.25, 0.3) is 22.2 Å². The van der Waals surface area contributed by atoms with Gasteiger partial charge in [-0.25, -0.2) is 9.79 Å². The van der Waals surface area contributed by atoms with Crippen molar-refractivity contribution in [2.45, 2.75) is 63.8 Å². The van der Waals surface area contributed by atoms with E-state index in [9.17, 15) is 14.7 Å². The number of guanidine groups is 1. The van der Waals surface area contributed by atoms with Gasteiger partial charge in [0.25, 0.3) is 0 Å². The number of aldehydes is 1. The van der Waals surface area contributed by atoms with Crippen LogP contribution in [0, 0.1) is 11.8 Å². The van der Waals surface area contributed by atoms with Crippen molar-refractivity contribution in [3.8, 4) is 0 Å². The Morgan fingerprint density at radius 1 is 1.10 bits per heavy atom. The zero-order valence-electron chi connectivity index (χ0n) is 24.3. The minimum Gasteiger partial charge on any atom is -0.478 e. The molecule has 222 valence electrons. The number of aliphatic carboxylic acids is 1. The van der Waals surface area contributed by atoms with E-state index in [0.29, 0.717) is 17.8 Å². The number of benzene rings is 2. The van der Waals surface area contributed by atoms with Crippen LogP contribution in [0.15, 0.2) is 77.4 Å². The molecule has 8 heteroatoms. The van der Waals surface area contributed by atoms with Gasteiger partial charge < -0.3 is 31.7 Å². The number of aliphatic imine (C=N–C) groups is 1. The SMILES string of the molecule is C[C@H](C=O)CCCCCC[C@@H]1c2cc3ccccc3cc2C=C[C@H]1C[C@@H]([N-]c1ccc[nH]1)/C(=C/C(=O)O)CN=C(N)N. The van der Waals surface area contributed by atoms with Gasteiger partial charge in [0.15, 0.2) is 5.96 Å². The summed E-state index contributed by atoms with van der Waals surface area (Å²) in [5.74, 6) is 0.0224. The highest BCUT2D eigenvalue weighted by molar-refractivity contribution is 5.87. The topological polar surface area (TPSA) is 149 Å². The second kappa shape index (κ2) is 15.1. The molecule has 1 aliphatic carbocycles. The zero-order valence-corrected chi connectivity index (χ0v) is 24.3. The molecule has 0 unspecified atom stereocenters. The van der Waals surface area contributed by atoms with Crippen LogP contribution in [0.5, 0.6) is 0 Å². The van der Waals surface area contributed by atoms with Gasteiger partial charge in [0.2, 0.25) is 0 Å². The zero-order chi connectivity index (χ0) is 29.9. The van der Waals surface area contributed by atoms with Crippen LogP contribution in [0.4, 0.5) is 5.82 Å². The van der Waals surface area contributed by atoms with Crippen molar-refractivity contribution < 1.29 is 14.7 Å². The van der Waals surface area contributed by atoms with Crippen LogP contribution < -0.4 is 11.5 Å². The summed E-state index contributed by atoms with van der Waals surface area (Å²) in [6, 6.07) is 16.3. The van der Waals surface area contributed by atoms with Gasteiger partial charge in [-0.2, -0.15) is 0 Å². The molecule has 0 saturated heterocycles. The van der Waals surface area contributed by atoms with E-state index in [1.165, 1.54) is 28.0 Å². The molecule has 0 saturated carbocycles. The molecule has 0 bridgehead atoms. The maximum absolute atomic E-state index is 11.8. The minimum atomic E-state index is -1.06. The van der Waals surface area contributed by atoms with Crippen LogP contribution in [0.3, 0.4) is 0 Å². The first-order valence-corrected chi connectivity index (χ1v) is 14.8. The summed E-state index contributed by atoms with van der Waals surface area (Å²) in [7, 11) is 0. The molecule has 4 rings (SSSR count). The van der Waals surface area contributed by atoms with E-state index in [4.69, 9.17) is 16.8 Å². The summed E-state index contributed by atoms with van der Waals surface area (Å²) in [4.78, 5) is 30.1. The number of nitrogens with one attached hydrogen (secondary N) is 1. The Hall–Kier alpha value is -4.33. The van der Waals surface area contributed by atoms with Gasteiger partial charge in [-0.15, -0.1) is 0 Å². The van der Waals surface area contributed by atoms with Gasteiger partial charge in [0.05, 0.1) is 6.54 Å². The lowest BCUT2D eigenvalue weighted by Crippen LogP contribution is -2.26. The van der Waals surface area contributed by atoms with Crippen molar-refractivity contribution in [1.29, 1.82) is 0 Å². The fraction of sp³-hybridized carbons (Fsp3) is 0.382. The average Bonchev–Trinajstić information content (AvgIpc) is 3.49. The van der Waals surface area contributed by atoms with Crippen molar-refractivity contribution in [2.24, 2.45) is 28.3 Å². The molecule has 8 nitrogen and oxygen atoms in total. The molecule has 0 fully saturated rings. The number of rotatable bonds is 16. The molecule has 1 heterocycles. The van der Waals surface area contributed by atoms with Crippen LogP contribution >= 0.6 is 0 Å². The van der Waals surface area contributed by atoms with E-state index in [1.807, 2.05) is 19.1 Å². The summed E-state index contributed by atoms with van der Waals surface area (Å²) in [5.41, 5.74) is 14.3. The quantitative estimate of drug-likeness (QED) is 0.0492. The smallest absolute Gasteiger partial charge is 0.328 e. The van der Waals surface area contributed by atoms with Crippen molar-refractivity contribution in [2.75, 3.05) is 6.54 Å². The van der Waals surface area contributed by atoms with E-state index >= 15 is 0 Å². The van der Waals surface area contributed by atoms with E-state index in [0.717, 1.165) is 44.8 Å². The Morgan fingerprint density at radius 2 is 1.86 bits per heavy atom. The predicted molar refractivity (Wildman–Crippen MR) is 171 cm³/mol. The summed E-state index contributed by atoms with van der Waals surface area (Å²) in [6.07, 6.45) is 15.4. The Morgan fingerprint density at radius 3 is 2.55 bits per heavy atom. The van der Waals surface area contributed by atoms with Crippen LogP contribution in [-0.4, -0.2) is 40.9 Å². The van der Waals surface area contributed by atoms with E-state index in [-0.39, 0.29) is 30.3 Å². The van der Waals surface area contributed by atoms with Crippen LogP contribution in [0.1, 0.15) is 68.9 Å².